The number of rotatable bonds is 3. The summed E-state index contributed by atoms with van der Waals surface area (Å²) in [5.74, 6) is -0.481. The summed E-state index contributed by atoms with van der Waals surface area (Å²) in [6, 6.07) is 0. The Balaban J connectivity index is 2.61. The Morgan fingerprint density at radius 2 is 2.08 bits per heavy atom. The van der Waals surface area contributed by atoms with Crippen molar-refractivity contribution in [2.45, 2.75) is 26.4 Å². The number of carbonyl (C=O) groups excluding carboxylic acids is 2. The molecule has 3 unspecified atom stereocenters. The van der Waals surface area contributed by atoms with Crippen molar-refractivity contribution in [3.63, 3.8) is 0 Å². The van der Waals surface area contributed by atoms with Crippen LogP contribution in [0.3, 0.4) is 0 Å². The lowest BCUT2D eigenvalue weighted by molar-refractivity contribution is -0.127. The van der Waals surface area contributed by atoms with Crippen molar-refractivity contribution in [3.8, 4) is 0 Å². The van der Waals surface area contributed by atoms with Gasteiger partial charge in [0.25, 0.3) is 0 Å². The molecule has 4 heteroatoms. The number of imide groups is 1. The second-order valence-corrected chi connectivity index (χ2v) is 3.52. The van der Waals surface area contributed by atoms with E-state index in [0.29, 0.717) is 6.42 Å². The monoisotopic (exact) mass is 185 g/mol. The SMILES string of the molecule is COC(C)C(C)C1CC(=O)NC1=O. The summed E-state index contributed by atoms with van der Waals surface area (Å²) in [6.45, 7) is 3.83. The van der Waals surface area contributed by atoms with Crippen LogP contribution in [0.1, 0.15) is 20.3 Å². The maximum Gasteiger partial charge on any atom is 0.230 e. The van der Waals surface area contributed by atoms with Gasteiger partial charge in [-0.05, 0) is 12.8 Å². The number of nitrogens with one attached hydrogen (secondary N) is 1. The van der Waals surface area contributed by atoms with E-state index in [0.717, 1.165) is 0 Å². The molecule has 0 spiro atoms. The van der Waals surface area contributed by atoms with E-state index < -0.39 is 0 Å². The molecule has 0 saturated carbocycles. The molecule has 1 N–H and O–H groups in total. The van der Waals surface area contributed by atoms with Gasteiger partial charge in [0.05, 0.1) is 12.0 Å². The van der Waals surface area contributed by atoms with Gasteiger partial charge in [0, 0.05) is 13.5 Å². The van der Waals surface area contributed by atoms with Gasteiger partial charge in [-0.1, -0.05) is 6.92 Å². The Kier molecular flexibility index (Phi) is 3.03. The summed E-state index contributed by atoms with van der Waals surface area (Å²) < 4.78 is 5.12. The van der Waals surface area contributed by atoms with E-state index >= 15 is 0 Å². The molecule has 0 aromatic heterocycles. The number of methoxy groups -OCH3 is 1. The number of hydrogen-bond donors (Lipinski definition) is 1. The molecule has 1 rings (SSSR count). The lowest BCUT2D eigenvalue weighted by Gasteiger charge is -2.21. The second kappa shape index (κ2) is 3.87. The van der Waals surface area contributed by atoms with E-state index in [4.69, 9.17) is 4.74 Å². The van der Waals surface area contributed by atoms with Gasteiger partial charge in [0.2, 0.25) is 11.8 Å². The van der Waals surface area contributed by atoms with Gasteiger partial charge in [0.1, 0.15) is 0 Å². The summed E-state index contributed by atoms with van der Waals surface area (Å²) in [5.41, 5.74) is 0. The minimum Gasteiger partial charge on any atom is -0.381 e. The maximum absolute atomic E-state index is 11.3. The first-order valence-electron chi connectivity index (χ1n) is 4.42. The van der Waals surface area contributed by atoms with Gasteiger partial charge in [-0.3, -0.25) is 14.9 Å². The molecule has 1 aliphatic heterocycles. The molecule has 0 radical (unpaired) electrons. The van der Waals surface area contributed by atoms with Crippen LogP contribution in [-0.4, -0.2) is 25.0 Å². The Bertz CT molecular complexity index is 227. The largest absolute Gasteiger partial charge is 0.381 e. The number of amides is 2. The predicted octanol–water partition coefficient (Wildman–Crippen LogP) is 0.320. The van der Waals surface area contributed by atoms with Crippen LogP contribution >= 0.6 is 0 Å². The Morgan fingerprint density at radius 1 is 1.46 bits per heavy atom. The zero-order valence-corrected chi connectivity index (χ0v) is 8.16. The molecule has 0 bridgehead atoms. The van der Waals surface area contributed by atoms with E-state index in [1.165, 1.54) is 0 Å². The molecule has 74 valence electrons. The molecule has 1 heterocycles. The molecule has 1 saturated heterocycles. The zero-order valence-electron chi connectivity index (χ0n) is 8.16. The van der Waals surface area contributed by atoms with Crippen molar-refractivity contribution in [2.24, 2.45) is 11.8 Å². The van der Waals surface area contributed by atoms with E-state index in [2.05, 4.69) is 5.32 Å². The maximum atomic E-state index is 11.3. The standard InChI is InChI=1S/C9H15NO3/c1-5(6(2)13-3)7-4-8(11)10-9(7)12/h5-7H,4H2,1-3H3,(H,10,11,12). The third-order valence-electron chi connectivity index (χ3n) is 2.75. The van der Waals surface area contributed by atoms with Crippen LogP contribution in [0.15, 0.2) is 0 Å². The summed E-state index contributed by atoms with van der Waals surface area (Å²) in [5, 5.41) is 2.29. The van der Waals surface area contributed by atoms with Crippen molar-refractivity contribution in [3.05, 3.63) is 0 Å². The molecular weight excluding hydrogens is 170 g/mol. The fourth-order valence-electron chi connectivity index (χ4n) is 1.54. The molecule has 1 aliphatic rings. The van der Waals surface area contributed by atoms with Gasteiger partial charge in [0.15, 0.2) is 0 Å². The molecular formula is C9H15NO3. The smallest absolute Gasteiger partial charge is 0.230 e. The lowest BCUT2D eigenvalue weighted by Crippen LogP contribution is -2.30. The highest BCUT2D eigenvalue weighted by atomic mass is 16.5. The third kappa shape index (κ3) is 2.06. The van der Waals surface area contributed by atoms with Crippen LogP contribution in [0.5, 0.6) is 0 Å². The third-order valence-corrected chi connectivity index (χ3v) is 2.75. The van der Waals surface area contributed by atoms with Crippen LogP contribution in [0.25, 0.3) is 0 Å². The Labute approximate surface area is 77.6 Å². The number of ether oxygens (including phenoxy) is 1. The first-order chi connectivity index (χ1) is 6.06. The average molecular weight is 185 g/mol. The van der Waals surface area contributed by atoms with E-state index in [1.54, 1.807) is 7.11 Å². The van der Waals surface area contributed by atoms with Gasteiger partial charge in [-0.25, -0.2) is 0 Å². The van der Waals surface area contributed by atoms with Crippen LogP contribution in [0.2, 0.25) is 0 Å². The molecule has 0 aromatic carbocycles. The Morgan fingerprint density at radius 3 is 2.46 bits per heavy atom. The molecule has 4 nitrogen and oxygen atoms in total. The molecule has 0 aliphatic carbocycles. The minimum atomic E-state index is -0.220. The summed E-state index contributed by atoms with van der Waals surface area (Å²) >= 11 is 0. The summed E-state index contributed by atoms with van der Waals surface area (Å²) in [4.78, 5) is 22.2. The van der Waals surface area contributed by atoms with E-state index in [-0.39, 0.29) is 29.8 Å². The van der Waals surface area contributed by atoms with Crippen molar-refractivity contribution in [2.75, 3.05) is 7.11 Å². The van der Waals surface area contributed by atoms with E-state index in [9.17, 15) is 9.59 Å². The highest BCUT2D eigenvalue weighted by Gasteiger charge is 2.36. The van der Waals surface area contributed by atoms with Crippen molar-refractivity contribution in [1.82, 2.24) is 5.32 Å². The first-order valence-corrected chi connectivity index (χ1v) is 4.42. The van der Waals surface area contributed by atoms with Crippen molar-refractivity contribution in [1.29, 1.82) is 0 Å². The highest BCUT2D eigenvalue weighted by molar-refractivity contribution is 6.03. The van der Waals surface area contributed by atoms with Gasteiger partial charge in [-0.15, -0.1) is 0 Å². The summed E-state index contributed by atoms with van der Waals surface area (Å²) in [7, 11) is 1.61. The number of hydrogen-bond acceptors (Lipinski definition) is 3. The van der Waals surface area contributed by atoms with Crippen LogP contribution in [0.4, 0.5) is 0 Å². The summed E-state index contributed by atoms with van der Waals surface area (Å²) in [6.07, 6.45) is 0.301. The van der Waals surface area contributed by atoms with Crippen molar-refractivity contribution >= 4 is 11.8 Å². The normalized spacial score (nSPS) is 27.2. The molecule has 13 heavy (non-hydrogen) atoms. The topological polar surface area (TPSA) is 55.4 Å². The molecule has 1 fully saturated rings. The fourth-order valence-corrected chi connectivity index (χ4v) is 1.54. The lowest BCUT2D eigenvalue weighted by atomic mass is 9.88. The fraction of sp³-hybridized carbons (Fsp3) is 0.778. The predicted molar refractivity (Wildman–Crippen MR) is 46.9 cm³/mol. The minimum absolute atomic E-state index is 0.00153. The second-order valence-electron chi connectivity index (χ2n) is 3.52. The highest BCUT2D eigenvalue weighted by Crippen LogP contribution is 2.24. The van der Waals surface area contributed by atoms with E-state index in [1.807, 2.05) is 13.8 Å². The first kappa shape index (κ1) is 10.2. The molecule has 3 atom stereocenters. The molecule has 2 amide bonds. The molecule has 0 aromatic rings. The van der Waals surface area contributed by atoms with Crippen LogP contribution in [-0.2, 0) is 14.3 Å². The Hall–Kier alpha value is -0.900. The van der Waals surface area contributed by atoms with Crippen molar-refractivity contribution < 1.29 is 14.3 Å². The van der Waals surface area contributed by atoms with Crippen LogP contribution in [0, 0.1) is 11.8 Å². The average Bonchev–Trinajstić information content (AvgIpc) is 2.42. The van der Waals surface area contributed by atoms with Gasteiger partial charge >= 0.3 is 0 Å². The number of carbonyl (C=O) groups is 2. The van der Waals surface area contributed by atoms with Gasteiger partial charge in [-0.2, -0.15) is 0 Å². The quantitative estimate of drug-likeness (QED) is 0.644. The van der Waals surface area contributed by atoms with Gasteiger partial charge < -0.3 is 4.74 Å². The zero-order chi connectivity index (χ0) is 10.0. The van der Waals surface area contributed by atoms with Crippen LogP contribution < -0.4 is 5.32 Å².